The second-order valence-corrected chi connectivity index (χ2v) is 6.86. The van der Waals surface area contributed by atoms with Gasteiger partial charge in [-0.25, -0.2) is 0 Å². The van der Waals surface area contributed by atoms with Gasteiger partial charge in [0.25, 0.3) is 5.91 Å². The van der Waals surface area contributed by atoms with Crippen molar-refractivity contribution in [2.75, 3.05) is 33.3 Å². The lowest BCUT2D eigenvalue weighted by molar-refractivity contribution is -0.135. The van der Waals surface area contributed by atoms with Crippen LogP contribution >= 0.6 is 11.3 Å². The SMILES string of the molecule is COc1csc(C(=O)N2CCC(C(=O)N3CCCC3)CC2)c1. The third-order valence-electron chi connectivity index (χ3n) is 4.57. The van der Waals surface area contributed by atoms with Crippen LogP contribution in [-0.4, -0.2) is 54.9 Å². The maximum Gasteiger partial charge on any atom is 0.264 e. The number of piperidine rings is 1. The van der Waals surface area contributed by atoms with Gasteiger partial charge in [-0.2, -0.15) is 0 Å². The Morgan fingerprint density at radius 3 is 2.41 bits per heavy atom. The van der Waals surface area contributed by atoms with E-state index in [0.29, 0.717) is 23.9 Å². The molecule has 2 aliphatic heterocycles. The standard InChI is InChI=1S/C16H22N2O3S/c1-21-13-10-14(22-11-13)16(20)18-8-4-12(5-9-18)15(19)17-6-2-3-7-17/h10-12H,2-9H2,1H3. The molecule has 0 N–H and O–H groups in total. The molecule has 1 aromatic heterocycles. The summed E-state index contributed by atoms with van der Waals surface area (Å²) >= 11 is 1.41. The van der Waals surface area contributed by atoms with Gasteiger partial charge in [0, 0.05) is 43.5 Å². The summed E-state index contributed by atoms with van der Waals surface area (Å²) < 4.78 is 5.13. The topological polar surface area (TPSA) is 49.9 Å². The Bertz CT molecular complexity index is 543. The van der Waals surface area contributed by atoms with E-state index in [2.05, 4.69) is 0 Å². The van der Waals surface area contributed by atoms with Crippen molar-refractivity contribution in [3.63, 3.8) is 0 Å². The number of likely N-dealkylation sites (tertiary alicyclic amines) is 2. The summed E-state index contributed by atoms with van der Waals surface area (Å²) in [6.45, 7) is 3.16. The average Bonchev–Trinajstić information content (AvgIpc) is 3.25. The second-order valence-electron chi connectivity index (χ2n) is 5.95. The van der Waals surface area contributed by atoms with Crippen LogP contribution < -0.4 is 4.74 Å². The summed E-state index contributed by atoms with van der Waals surface area (Å²) in [6, 6.07) is 1.79. The van der Waals surface area contributed by atoms with Gasteiger partial charge in [-0.1, -0.05) is 0 Å². The molecule has 6 heteroatoms. The van der Waals surface area contributed by atoms with Gasteiger partial charge in [-0.15, -0.1) is 11.3 Å². The van der Waals surface area contributed by atoms with E-state index < -0.39 is 0 Å². The molecule has 2 saturated heterocycles. The zero-order valence-corrected chi connectivity index (χ0v) is 13.7. The van der Waals surface area contributed by atoms with Crippen molar-refractivity contribution < 1.29 is 14.3 Å². The monoisotopic (exact) mass is 322 g/mol. The molecule has 5 nitrogen and oxygen atoms in total. The Hall–Kier alpha value is -1.56. The van der Waals surface area contributed by atoms with Crippen LogP contribution in [0.25, 0.3) is 0 Å². The predicted molar refractivity (Wildman–Crippen MR) is 85.3 cm³/mol. The molecule has 3 heterocycles. The summed E-state index contributed by atoms with van der Waals surface area (Å²) in [5.41, 5.74) is 0. The van der Waals surface area contributed by atoms with E-state index in [1.54, 1.807) is 13.2 Å². The Morgan fingerprint density at radius 2 is 1.82 bits per heavy atom. The third kappa shape index (κ3) is 3.11. The van der Waals surface area contributed by atoms with Gasteiger partial charge in [0.1, 0.15) is 5.75 Å². The lowest BCUT2D eigenvalue weighted by Crippen LogP contribution is -2.43. The van der Waals surface area contributed by atoms with E-state index in [0.717, 1.165) is 44.5 Å². The molecule has 0 bridgehead atoms. The second kappa shape index (κ2) is 6.69. The van der Waals surface area contributed by atoms with Crippen LogP contribution in [0.5, 0.6) is 5.75 Å². The number of ether oxygens (including phenoxy) is 1. The molecule has 2 fully saturated rings. The molecule has 0 saturated carbocycles. The van der Waals surface area contributed by atoms with Gasteiger partial charge in [0.05, 0.1) is 12.0 Å². The lowest BCUT2D eigenvalue weighted by Gasteiger charge is -2.32. The largest absolute Gasteiger partial charge is 0.496 e. The average molecular weight is 322 g/mol. The van der Waals surface area contributed by atoms with Gasteiger partial charge in [-0.05, 0) is 25.7 Å². The van der Waals surface area contributed by atoms with E-state index in [9.17, 15) is 9.59 Å². The molecular formula is C16H22N2O3S. The summed E-state index contributed by atoms with van der Waals surface area (Å²) in [5.74, 6) is 1.18. The highest BCUT2D eigenvalue weighted by atomic mass is 32.1. The van der Waals surface area contributed by atoms with Crippen LogP contribution in [0.3, 0.4) is 0 Å². The van der Waals surface area contributed by atoms with E-state index in [-0.39, 0.29) is 11.8 Å². The van der Waals surface area contributed by atoms with Crippen LogP contribution in [0.1, 0.15) is 35.4 Å². The maximum atomic E-state index is 12.4. The van der Waals surface area contributed by atoms with Crippen molar-refractivity contribution in [2.45, 2.75) is 25.7 Å². The number of hydrogen-bond acceptors (Lipinski definition) is 4. The molecule has 0 spiro atoms. The number of carbonyl (C=O) groups is 2. The quantitative estimate of drug-likeness (QED) is 0.857. The smallest absolute Gasteiger partial charge is 0.264 e. The number of carbonyl (C=O) groups excluding carboxylic acids is 2. The summed E-state index contributed by atoms with van der Waals surface area (Å²) in [4.78, 5) is 29.4. The number of hydrogen-bond donors (Lipinski definition) is 0. The number of thiophene rings is 1. The maximum absolute atomic E-state index is 12.4. The molecule has 2 amide bonds. The van der Waals surface area contributed by atoms with Gasteiger partial charge >= 0.3 is 0 Å². The van der Waals surface area contributed by atoms with Gasteiger partial charge in [0.15, 0.2) is 0 Å². The van der Waals surface area contributed by atoms with Crippen molar-refractivity contribution in [1.82, 2.24) is 9.80 Å². The first-order valence-electron chi connectivity index (χ1n) is 7.89. The van der Waals surface area contributed by atoms with Gasteiger partial charge < -0.3 is 14.5 Å². The molecule has 2 aliphatic rings. The van der Waals surface area contributed by atoms with E-state index in [1.165, 1.54) is 11.3 Å². The number of nitrogens with zero attached hydrogens (tertiary/aromatic N) is 2. The molecular weight excluding hydrogens is 300 g/mol. The molecule has 22 heavy (non-hydrogen) atoms. The van der Waals surface area contributed by atoms with Crippen molar-refractivity contribution in [1.29, 1.82) is 0 Å². The number of methoxy groups -OCH3 is 1. The van der Waals surface area contributed by atoms with Gasteiger partial charge in [0.2, 0.25) is 5.91 Å². The lowest BCUT2D eigenvalue weighted by atomic mass is 9.95. The molecule has 1 aromatic rings. The van der Waals surface area contributed by atoms with E-state index in [4.69, 9.17) is 4.74 Å². The van der Waals surface area contributed by atoms with E-state index in [1.807, 2.05) is 15.2 Å². The molecule has 0 aromatic carbocycles. The van der Waals surface area contributed by atoms with Gasteiger partial charge in [-0.3, -0.25) is 9.59 Å². The summed E-state index contributed by atoms with van der Waals surface area (Å²) in [7, 11) is 1.60. The van der Waals surface area contributed by atoms with E-state index >= 15 is 0 Å². The number of rotatable bonds is 3. The van der Waals surface area contributed by atoms with Crippen LogP contribution in [-0.2, 0) is 4.79 Å². The minimum absolute atomic E-state index is 0.0559. The molecule has 0 aliphatic carbocycles. The normalized spacial score (nSPS) is 19.5. The van der Waals surface area contributed by atoms with Crippen LogP contribution in [0.2, 0.25) is 0 Å². The van der Waals surface area contributed by atoms with Crippen molar-refractivity contribution in [2.24, 2.45) is 5.92 Å². The highest BCUT2D eigenvalue weighted by Crippen LogP contribution is 2.26. The Labute approximate surface area is 134 Å². The zero-order chi connectivity index (χ0) is 15.5. The van der Waals surface area contributed by atoms with Crippen LogP contribution in [0, 0.1) is 5.92 Å². The fraction of sp³-hybridized carbons (Fsp3) is 0.625. The Balaban J connectivity index is 1.54. The first-order valence-corrected chi connectivity index (χ1v) is 8.77. The summed E-state index contributed by atoms with van der Waals surface area (Å²) in [5, 5.41) is 1.84. The first-order chi connectivity index (χ1) is 10.7. The Morgan fingerprint density at radius 1 is 1.14 bits per heavy atom. The van der Waals surface area contributed by atoms with Crippen LogP contribution in [0.15, 0.2) is 11.4 Å². The third-order valence-corrected chi connectivity index (χ3v) is 5.47. The van der Waals surface area contributed by atoms with Crippen LogP contribution in [0.4, 0.5) is 0 Å². The molecule has 0 atom stereocenters. The number of amides is 2. The van der Waals surface area contributed by atoms with Crippen molar-refractivity contribution >= 4 is 23.2 Å². The minimum Gasteiger partial charge on any atom is -0.496 e. The molecule has 3 rings (SSSR count). The first kappa shape index (κ1) is 15.3. The molecule has 0 unspecified atom stereocenters. The Kier molecular flexibility index (Phi) is 4.66. The minimum atomic E-state index is 0.0559. The zero-order valence-electron chi connectivity index (χ0n) is 12.9. The van der Waals surface area contributed by atoms with Crippen molar-refractivity contribution in [3.05, 3.63) is 16.3 Å². The fourth-order valence-corrected chi connectivity index (χ4v) is 4.04. The fourth-order valence-electron chi connectivity index (χ4n) is 3.22. The molecule has 0 radical (unpaired) electrons. The highest BCUT2D eigenvalue weighted by Gasteiger charge is 2.31. The predicted octanol–water partition coefficient (Wildman–Crippen LogP) is 2.23. The summed E-state index contributed by atoms with van der Waals surface area (Å²) in [6.07, 6.45) is 3.82. The molecule has 120 valence electrons. The van der Waals surface area contributed by atoms with Crippen molar-refractivity contribution in [3.8, 4) is 5.75 Å². The highest BCUT2D eigenvalue weighted by molar-refractivity contribution is 7.12.